The molecule has 2 fully saturated rings. The molecule has 1 saturated heterocycles. The molecule has 1 aliphatic heterocycles. The summed E-state index contributed by atoms with van der Waals surface area (Å²) >= 11 is 0. The molecule has 204 valence electrons. The van der Waals surface area contributed by atoms with Gasteiger partial charge >= 0.3 is 24.0 Å². The summed E-state index contributed by atoms with van der Waals surface area (Å²) in [6.07, 6.45) is -1.33. The number of unbranched alkanes of at least 4 members (excludes halogenated alkanes) is 3. The quantitative estimate of drug-likeness (QED) is 0.138. The fraction of sp³-hybridized carbons (Fsp3) is 0.739. The lowest BCUT2D eigenvalue weighted by atomic mass is 10.0. The zero-order chi connectivity index (χ0) is 27.1. The number of allylic oxidation sites excluding steroid dienone is 1. The molecule has 36 heavy (non-hydrogen) atoms. The molecule has 2 amide bonds. The van der Waals surface area contributed by atoms with Crippen LogP contribution < -0.4 is 16.0 Å². The summed E-state index contributed by atoms with van der Waals surface area (Å²) in [5.74, 6) is -4.96. The van der Waals surface area contributed by atoms with Crippen molar-refractivity contribution in [3.63, 3.8) is 0 Å². The van der Waals surface area contributed by atoms with E-state index in [-0.39, 0.29) is 31.3 Å². The molecule has 1 saturated carbocycles. The summed E-state index contributed by atoms with van der Waals surface area (Å²) in [5.41, 5.74) is -0.280. The number of carbonyl (C=O) groups is 4. The maximum atomic E-state index is 12.6. The number of amides is 2. The van der Waals surface area contributed by atoms with Gasteiger partial charge in [-0.2, -0.15) is 13.2 Å². The SMILES string of the molecule is CCOC(=O)[C@@]1(NC(=O)[C@@H]2C[C@@H](O)CN2)C[C@H]1/C(C)=C\CCCCC[C@H](NC(=O)C(F)(F)F)C(=O)O. The summed E-state index contributed by atoms with van der Waals surface area (Å²) < 4.78 is 42.2. The Hall–Kier alpha value is -2.67. The van der Waals surface area contributed by atoms with Crippen molar-refractivity contribution in [2.45, 2.75) is 88.7 Å². The Morgan fingerprint density at radius 1 is 1.22 bits per heavy atom. The smallest absolute Gasteiger partial charge is 0.471 e. The second-order valence-corrected chi connectivity index (χ2v) is 9.24. The number of rotatable bonds is 13. The molecule has 13 heteroatoms. The molecule has 5 atom stereocenters. The lowest BCUT2D eigenvalue weighted by Crippen LogP contribution is -2.51. The van der Waals surface area contributed by atoms with E-state index in [1.165, 1.54) is 5.32 Å². The monoisotopic (exact) mass is 521 g/mol. The number of ether oxygens (including phenoxy) is 1. The van der Waals surface area contributed by atoms with Crippen LogP contribution in [0.3, 0.4) is 0 Å². The molecule has 0 spiro atoms. The number of hydrogen-bond donors (Lipinski definition) is 5. The van der Waals surface area contributed by atoms with Crippen LogP contribution in [0.4, 0.5) is 13.2 Å². The van der Waals surface area contributed by atoms with E-state index < -0.39 is 47.7 Å². The van der Waals surface area contributed by atoms with Crippen molar-refractivity contribution in [2.24, 2.45) is 5.92 Å². The summed E-state index contributed by atoms with van der Waals surface area (Å²) in [7, 11) is 0. The number of nitrogens with one attached hydrogen (secondary N) is 3. The van der Waals surface area contributed by atoms with Crippen molar-refractivity contribution in [3.8, 4) is 0 Å². The maximum Gasteiger partial charge on any atom is 0.471 e. The Bertz CT molecular complexity index is 864. The second kappa shape index (κ2) is 12.5. The van der Waals surface area contributed by atoms with Crippen LogP contribution in [-0.2, 0) is 23.9 Å². The Kier molecular flexibility index (Phi) is 10.3. The van der Waals surface area contributed by atoms with Crippen LogP contribution in [-0.4, -0.2) is 77.0 Å². The molecule has 0 aromatic carbocycles. The first-order valence-corrected chi connectivity index (χ1v) is 12.0. The second-order valence-electron chi connectivity index (χ2n) is 9.24. The van der Waals surface area contributed by atoms with E-state index >= 15 is 0 Å². The van der Waals surface area contributed by atoms with Gasteiger partial charge in [-0.15, -0.1) is 0 Å². The predicted molar refractivity (Wildman–Crippen MR) is 120 cm³/mol. The minimum atomic E-state index is -5.15. The van der Waals surface area contributed by atoms with Gasteiger partial charge in [0, 0.05) is 12.5 Å². The highest BCUT2D eigenvalue weighted by atomic mass is 19.4. The molecular formula is C23H34F3N3O7. The average molecular weight is 522 g/mol. The molecule has 0 unspecified atom stereocenters. The molecule has 0 aromatic rings. The average Bonchev–Trinajstić information content (AvgIpc) is 3.36. The van der Waals surface area contributed by atoms with Gasteiger partial charge in [-0.1, -0.05) is 24.5 Å². The minimum absolute atomic E-state index is 0.135. The predicted octanol–water partition coefficient (Wildman–Crippen LogP) is 1.18. The number of esters is 1. The van der Waals surface area contributed by atoms with Crippen molar-refractivity contribution >= 4 is 23.8 Å². The van der Waals surface area contributed by atoms with Gasteiger partial charge in [0.05, 0.1) is 18.8 Å². The number of carboxylic acid groups (broad SMARTS) is 1. The van der Waals surface area contributed by atoms with Crippen LogP contribution in [0.2, 0.25) is 0 Å². The third kappa shape index (κ3) is 7.92. The molecule has 0 aromatic heterocycles. The molecular weight excluding hydrogens is 487 g/mol. The Labute approximate surface area is 207 Å². The largest absolute Gasteiger partial charge is 0.480 e. The number of carboxylic acids is 1. The lowest BCUT2D eigenvalue weighted by molar-refractivity contribution is -0.175. The van der Waals surface area contributed by atoms with Gasteiger partial charge in [0.15, 0.2) is 0 Å². The highest BCUT2D eigenvalue weighted by Gasteiger charge is 2.63. The third-order valence-electron chi connectivity index (χ3n) is 6.44. The van der Waals surface area contributed by atoms with Crippen molar-refractivity contribution in [3.05, 3.63) is 11.6 Å². The van der Waals surface area contributed by atoms with Crippen molar-refractivity contribution < 1.29 is 47.3 Å². The van der Waals surface area contributed by atoms with E-state index in [0.29, 0.717) is 38.6 Å². The summed E-state index contributed by atoms with van der Waals surface area (Å²) in [6.45, 7) is 3.97. The molecule has 1 aliphatic carbocycles. The van der Waals surface area contributed by atoms with Crippen LogP contribution in [0.1, 0.15) is 58.8 Å². The van der Waals surface area contributed by atoms with Gasteiger partial charge in [-0.3, -0.25) is 9.59 Å². The minimum Gasteiger partial charge on any atom is -0.480 e. The van der Waals surface area contributed by atoms with Gasteiger partial charge in [0.25, 0.3) is 0 Å². The Morgan fingerprint density at radius 2 is 1.92 bits per heavy atom. The van der Waals surface area contributed by atoms with Gasteiger partial charge in [-0.05, 0) is 46.0 Å². The molecule has 1 heterocycles. The number of halogens is 3. The summed E-state index contributed by atoms with van der Waals surface area (Å²) in [6, 6.07) is -2.21. The lowest BCUT2D eigenvalue weighted by Gasteiger charge is -2.21. The number of hydrogen-bond acceptors (Lipinski definition) is 7. The van der Waals surface area contributed by atoms with Crippen LogP contribution in [0.5, 0.6) is 0 Å². The van der Waals surface area contributed by atoms with Crippen molar-refractivity contribution in [1.29, 1.82) is 0 Å². The van der Waals surface area contributed by atoms with Gasteiger partial charge in [-0.25, -0.2) is 9.59 Å². The first-order valence-electron chi connectivity index (χ1n) is 12.0. The molecule has 0 bridgehead atoms. The number of alkyl halides is 3. The number of carbonyl (C=O) groups excluding carboxylic acids is 3. The highest BCUT2D eigenvalue weighted by Crippen LogP contribution is 2.49. The summed E-state index contributed by atoms with van der Waals surface area (Å²) in [5, 5.41) is 25.9. The Balaban J connectivity index is 1.84. The highest BCUT2D eigenvalue weighted by molar-refractivity contribution is 5.94. The van der Waals surface area contributed by atoms with Crippen molar-refractivity contribution in [1.82, 2.24) is 16.0 Å². The number of aliphatic carboxylic acids is 1. The van der Waals surface area contributed by atoms with E-state index in [2.05, 4.69) is 10.6 Å². The van der Waals surface area contributed by atoms with Crippen LogP contribution in [0, 0.1) is 5.92 Å². The van der Waals surface area contributed by atoms with Crippen molar-refractivity contribution in [2.75, 3.05) is 13.2 Å². The fourth-order valence-electron chi connectivity index (χ4n) is 4.35. The van der Waals surface area contributed by atoms with E-state index in [1.54, 1.807) is 6.92 Å². The normalized spacial score (nSPS) is 26.7. The van der Waals surface area contributed by atoms with E-state index in [9.17, 15) is 37.5 Å². The van der Waals surface area contributed by atoms with Crippen LogP contribution in [0.15, 0.2) is 11.6 Å². The third-order valence-corrected chi connectivity index (χ3v) is 6.44. The number of β-amino-alcohol motifs (C(OH)–C–C–N with tert-alkyl or cyclic N) is 1. The standard InChI is InChI=1S/C23H34F3N3O7/c1-3-36-21(35)22(29-18(31)17-10-14(30)12-27-17)11-15(22)13(2)8-6-4-5-7-9-16(19(32)33)28-20(34)23(24,25)26/h8,14-17,27,30H,3-7,9-12H2,1-2H3,(H,28,34)(H,29,31)(H,32,33)/b13-8-/t14-,15+,16+,17+,22-/m1/s1. The molecule has 10 nitrogen and oxygen atoms in total. The van der Waals surface area contributed by atoms with Gasteiger partial charge in [0.2, 0.25) is 5.91 Å². The zero-order valence-corrected chi connectivity index (χ0v) is 20.3. The molecule has 5 N–H and O–H groups in total. The van der Waals surface area contributed by atoms with E-state index in [0.717, 1.165) is 5.57 Å². The topological polar surface area (TPSA) is 154 Å². The first-order chi connectivity index (χ1) is 16.8. The first kappa shape index (κ1) is 29.6. The summed E-state index contributed by atoms with van der Waals surface area (Å²) in [4.78, 5) is 47.4. The van der Waals surface area contributed by atoms with E-state index in [4.69, 9.17) is 9.84 Å². The van der Waals surface area contributed by atoms with Crippen LogP contribution >= 0.6 is 0 Å². The maximum absolute atomic E-state index is 12.6. The number of aliphatic hydroxyl groups excluding tert-OH is 1. The van der Waals surface area contributed by atoms with E-state index in [1.807, 2.05) is 13.0 Å². The number of aliphatic hydroxyl groups is 1. The molecule has 2 rings (SSSR count). The van der Waals surface area contributed by atoms with Gasteiger partial charge < -0.3 is 30.9 Å². The van der Waals surface area contributed by atoms with Gasteiger partial charge in [0.1, 0.15) is 11.6 Å². The Morgan fingerprint density at radius 3 is 2.47 bits per heavy atom. The van der Waals surface area contributed by atoms with Crippen LogP contribution in [0.25, 0.3) is 0 Å². The fourth-order valence-corrected chi connectivity index (χ4v) is 4.35. The zero-order valence-electron chi connectivity index (χ0n) is 20.3. The molecule has 0 radical (unpaired) electrons. The molecule has 2 aliphatic rings.